The molecular formula is C13H17Cl2NO. The summed E-state index contributed by atoms with van der Waals surface area (Å²) in [5, 5.41) is 13.7. The second-order valence-corrected chi connectivity index (χ2v) is 5.55. The summed E-state index contributed by atoms with van der Waals surface area (Å²) in [6.45, 7) is 2.12. The van der Waals surface area contributed by atoms with Gasteiger partial charge in [0.1, 0.15) is 0 Å². The van der Waals surface area contributed by atoms with Gasteiger partial charge in [-0.05, 0) is 43.4 Å². The van der Waals surface area contributed by atoms with E-state index in [4.69, 9.17) is 28.3 Å². The molecule has 1 saturated carbocycles. The number of hydrogen-bond acceptors (Lipinski definition) is 2. The van der Waals surface area contributed by atoms with Crippen LogP contribution in [0.15, 0.2) is 18.2 Å². The maximum atomic E-state index is 9.12. The molecule has 2 nitrogen and oxygen atoms in total. The molecule has 1 aromatic carbocycles. The number of rotatable bonds is 5. The fourth-order valence-electron chi connectivity index (χ4n) is 2.00. The first kappa shape index (κ1) is 13.2. The van der Waals surface area contributed by atoms with Crippen molar-refractivity contribution < 1.29 is 5.11 Å². The monoisotopic (exact) mass is 273 g/mol. The lowest BCUT2D eigenvalue weighted by molar-refractivity contribution is 0.236. The van der Waals surface area contributed by atoms with E-state index in [-0.39, 0.29) is 18.7 Å². The van der Waals surface area contributed by atoms with Crippen LogP contribution < -0.4 is 5.32 Å². The second-order valence-electron chi connectivity index (χ2n) is 4.74. The van der Waals surface area contributed by atoms with E-state index >= 15 is 0 Å². The maximum Gasteiger partial charge on any atom is 0.0595 e. The Hall–Kier alpha value is -0.280. The summed E-state index contributed by atoms with van der Waals surface area (Å²) in [5.74, 6) is 0.654. The van der Waals surface area contributed by atoms with Crippen LogP contribution in [0.25, 0.3) is 0 Å². The van der Waals surface area contributed by atoms with Crippen LogP contribution in [-0.4, -0.2) is 17.8 Å². The van der Waals surface area contributed by atoms with Crippen molar-refractivity contribution in [2.45, 2.75) is 31.8 Å². The predicted molar refractivity (Wildman–Crippen MR) is 71.6 cm³/mol. The van der Waals surface area contributed by atoms with Crippen molar-refractivity contribution in [2.24, 2.45) is 5.92 Å². The van der Waals surface area contributed by atoms with Gasteiger partial charge < -0.3 is 10.4 Å². The summed E-state index contributed by atoms with van der Waals surface area (Å²) < 4.78 is 0. The minimum Gasteiger partial charge on any atom is -0.395 e. The van der Waals surface area contributed by atoms with Crippen LogP contribution in [0.1, 0.15) is 31.4 Å². The van der Waals surface area contributed by atoms with E-state index < -0.39 is 0 Å². The fourth-order valence-corrected chi connectivity index (χ4v) is 2.31. The summed E-state index contributed by atoms with van der Waals surface area (Å²) in [5.41, 5.74) is 1.15. The van der Waals surface area contributed by atoms with E-state index in [1.807, 2.05) is 25.1 Å². The quantitative estimate of drug-likeness (QED) is 0.862. The predicted octanol–water partition coefficient (Wildman–Crippen LogP) is 3.41. The molecule has 1 unspecified atom stereocenters. The zero-order chi connectivity index (χ0) is 12.4. The first-order chi connectivity index (χ1) is 8.11. The summed E-state index contributed by atoms with van der Waals surface area (Å²) in [7, 11) is 0. The third-order valence-electron chi connectivity index (χ3n) is 3.13. The van der Waals surface area contributed by atoms with Crippen LogP contribution in [0.2, 0.25) is 10.0 Å². The largest absolute Gasteiger partial charge is 0.395 e. The van der Waals surface area contributed by atoms with Crippen molar-refractivity contribution in [1.29, 1.82) is 0 Å². The molecule has 4 heteroatoms. The van der Waals surface area contributed by atoms with Gasteiger partial charge in [-0.2, -0.15) is 0 Å². The van der Waals surface area contributed by atoms with Gasteiger partial charge in [-0.25, -0.2) is 0 Å². The van der Waals surface area contributed by atoms with Crippen LogP contribution in [-0.2, 0) is 0 Å². The standard InChI is InChI=1S/C13H17Cl2NO/c1-8(7-17)16-13(9-2-3-9)10-4-5-11(14)12(15)6-10/h4-6,8-9,13,16-17H,2-3,7H2,1H3/t8-,13?/m1/s1. The van der Waals surface area contributed by atoms with E-state index in [2.05, 4.69) is 5.32 Å². The van der Waals surface area contributed by atoms with Gasteiger partial charge in [-0.15, -0.1) is 0 Å². The van der Waals surface area contributed by atoms with E-state index in [1.54, 1.807) is 0 Å². The van der Waals surface area contributed by atoms with Gasteiger partial charge in [0, 0.05) is 12.1 Å². The lowest BCUT2D eigenvalue weighted by Crippen LogP contribution is -2.34. The molecule has 0 radical (unpaired) electrons. The lowest BCUT2D eigenvalue weighted by Gasteiger charge is -2.23. The number of benzene rings is 1. The highest BCUT2D eigenvalue weighted by molar-refractivity contribution is 6.42. The van der Waals surface area contributed by atoms with Crippen molar-refractivity contribution in [3.63, 3.8) is 0 Å². The van der Waals surface area contributed by atoms with Crippen LogP contribution in [0.5, 0.6) is 0 Å². The molecule has 1 fully saturated rings. The summed E-state index contributed by atoms with van der Waals surface area (Å²) in [6, 6.07) is 6.12. The van der Waals surface area contributed by atoms with Crippen molar-refractivity contribution in [1.82, 2.24) is 5.32 Å². The number of nitrogens with one attached hydrogen (secondary N) is 1. The van der Waals surface area contributed by atoms with Gasteiger partial charge >= 0.3 is 0 Å². The molecule has 0 aromatic heterocycles. The molecule has 0 amide bonds. The topological polar surface area (TPSA) is 32.3 Å². The van der Waals surface area contributed by atoms with Crippen LogP contribution in [0.4, 0.5) is 0 Å². The normalized spacial score (nSPS) is 19.1. The first-order valence-corrected chi connectivity index (χ1v) is 6.69. The highest BCUT2D eigenvalue weighted by Crippen LogP contribution is 2.42. The van der Waals surface area contributed by atoms with E-state index in [9.17, 15) is 0 Å². The molecule has 1 aliphatic carbocycles. The summed E-state index contributed by atoms with van der Waals surface area (Å²) in [4.78, 5) is 0. The van der Waals surface area contributed by atoms with Gasteiger partial charge in [0.05, 0.1) is 16.7 Å². The maximum absolute atomic E-state index is 9.12. The van der Waals surface area contributed by atoms with Crippen molar-refractivity contribution in [3.05, 3.63) is 33.8 Å². The molecule has 0 saturated heterocycles. The first-order valence-electron chi connectivity index (χ1n) is 5.93. The minimum atomic E-state index is 0.0926. The SMILES string of the molecule is C[C@H](CO)NC(c1ccc(Cl)c(Cl)c1)C1CC1. The molecule has 2 N–H and O–H groups in total. The van der Waals surface area contributed by atoms with Crippen LogP contribution in [0, 0.1) is 5.92 Å². The molecule has 2 rings (SSSR count). The van der Waals surface area contributed by atoms with E-state index in [1.165, 1.54) is 12.8 Å². The van der Waals surface area contributed by atoms with Crippen molar-refractivity contribution in [3.8, 4) is 0 Å². The highest BCUT2D eigenvalue weighted by Gasteiger charge is 2.33. The zero-order valence-corrected chi connectivity index (χ0v) is 11.3. The number of hydrogen-bond donors (Lipinski definition) is 2. The molecule has 17 heavy (non-hydrogen) atoms. The molecule has 0 spiro atoms. The Morgan fingerprint density at radius 1 is 1.35 bits per heavy atom. The Morgan fingerprint density at radius 3 is 2.59 bits per heavy atom. The van der Waals surface area contributed by atoms with Gasteiger partial charge in [0.15, 0.2) is 0 Å². The Morgan fingerprint density at radius 2 is 2.06 bits per heavy atom. The fraction of sp³-hybridized carbons (Fsp3) is 0.538. The number of halogens is 2. The lowest BCUT2D eigenvalue weighted by atomic mass is 10.0. The van der Waals surface area contributed by atoms with Gasteiger partial charge in [-0.3, -0.25) is 0 Å². The Kier molecular flexibility index (Phi) is 4.31. The molecule has 94 valence electrons. The van der Waals surface area contributed by atoms with E-state index in [0.717, 1.165) is 5.56 Å². The van der Waals surface area contributed by atoms with Crippen molar-refractivity contribution >= 4 is 23.2 Å². The summed E-state index contributed by atoms with van der Waals surface area (Å²) >= 11 is 12.0. The van der Waals surface area contributed by atoms with Gasteiger partial charge in [0.2, 0.25) is 0 Å². The third-order valence-corrected chi connectivity index (χ3v) is 3.87. The molecule has 2 atom stereocenters. The minimum absolute atomic E-state index is 0.0926. The number of aliphatic hydroxyl groups is 1. The van der Waals surface area contributed by atoms with Crippen LogP contribution >= 0.6 is 23.2 Å². The Bertz CT molecular complexity index is 393. The smallest absolute Gasteiger partial charge is 0.0595 e. The highest BCUT2D eigenvalue weighted by atomic mass is 35.5. The third kappa shape index (κ3) is 3.35. The average Bonchev–Trinajstić information content (AvgIpc) is 3.13. The summed E-state index contributed by atoms with van der Waals surface area (Å²) in [6.07, 6.45) is 2.46. The zero-order valence-electron chi connectivity index (χ0n) is 9.79. The number of aliphatic hydroxyl groups excluding tert-OH is 1. The van der Waals surface area contributed by atoms with Gasteiger partial charge in [0.25, 0.3) is 0 Å². The Labute approximate surface area is 112 Å². The average molecular weight is 274 g/mol. The van der Waals surface area contributed by atoms with E-state index in [0.29, 0.717) is 16.0 Å². The van der Waals surface area contributed by atoms with Crippen molar-refractivity contribution in [2.75, 3.05) is 6.61 Å². The molecule has 0 heterocycles. The molecule has 1 aromatic rings. The molecule has 0 bridgehead atoms. The molecular weight excluding hydrogens is 257 g/mol. The molecule has 1 aliphatic rings. The second kappa shape index (κ2) is 5.57. The molecule has 0 aliphatic heterocycles. The van der Waals surface area contributed by atoms with Gasteiger partial charge in [-0.1, -0.05) is 29.3 Å². The van der Waals surface area contributed by atoms with Crippen LogP contribution in [0.3, 0.4) is 0 Å². The Balaban J connectivity index is 2.17.